The van der Waals surface area contributed by atoms with Crippen LogP contribution in [-0.2, 0) is 4.79 Å². The number of likely N-dealkylation sites (N-methyl/N-ethyl adjacent to an activating group) is 2. The highest BCUT2D eigenvalue weighted by Gasteiger charge is 2.17. The number of nitrogens with zero attached hydrogens (tertiary/aromatic N) is 2. The maximum Gasteiger partial charge on any atom is 0.254 e. The zero-order chi connectivity index (χ0) is 14.7. The predicted molar refractivity (Wildman–Crippen MR) is 79.7 cm³/mol. The van der Waals surface area contributed by atoms with E-state index in [9.17, 15) is 9.59 Å². The number of benzene rings is 1. The van der Waals surface area contributed by atoms with E-state index < -0.39 is 0 Å². The van der Waals surface area contributed by atoms with Crippen molar-refractivity contribution in [1.29, 1.82) is 0 Å². The Kier molecular flexibility index (Phi) is 4.19. The van der Waals surface area contributed by atoms with Gasteiger partial charge in [0.05, 0.1) is 16.8 Å². The summed E-state index contributed by atoms with van der Waals surface area (Å²) in [5.74, 6) is -0.367. The molecular formula is C13H16N4O2S. The molecule has 0 aliphatic carbocycles. The molecule has 2 rings (SSSR count). The maximum absolute atomic E-state index is 12.4. The molecule has 0 atom stereocenters. The number of amides is 2. The number of hydrogen-bond acceptors (Lipinski definition) is 5. The third-order valence-corrected chi connectivity index (χ3v) is 3.78. The monoisotopic (exact) mass is 292 g/mol. The molecule has 0 aliphatic rings. The smallest absolute Gasteiger partial charge is 0.254 e. The average Bonchev–Trinajstić information content (AvgIpc) is 2.82. The lowest BCUT2D eigenvalue weighted by atomic mass is 10.2. The minimum Gasteiger partial charge on any atom is -0.375 e. The lowest BCUT2D eigenvalue weighted by molar-refractivity contribution is -0.121. The Morgan fingerprint density at radius 1 is 1.45 bits per heavy atom. The minimum absolute atomic E-state index is 0.0503. The van der Waals surface area contributed by atoms with E-state index in [1.54, 1.807) is 25.2 Å². The Morgan fingerprint density at radius 3 is 2.85 bits per heavy atom. The Bertz CT molecular complexity index is 653. The fraction of sp³-hybridized carbons (Fsp3) is 0.308. The van der Waals surface area contributed by atoms with Gasteiger partial charge in [0, 0.05) is 19.2 Å². The first-order chi connectivity index (χ1) is 9.55. The molecule has 0 unspecified atom stereocenters. The molecule has 0 fully saturated rings. The van der Waals surface area contributed by atoms with E-state index in [-0.39, 0.29) is 18.4 Å². The number of rotatable bonds is 4. The zero-order valence-electron chi connectivity index (χ0n) is 11.3. The van der Waals surface area contributed by atoms with Crippen molar-refractivity contribution in [2.24, 2.45) is 0 Å². The number of nitrogens with two attached hydrogens (primary N) is 1. The number of carbonyl (C=O) groups excluding carboxylic acids is 2. The SMILES string of the molecule is CCN(CC(=O)NC)C(=O)c1ccc2nc(N)sc2c1. The molecule has 0 saturated heterocycles. The van der Waals surface area contributed by atoms with E-state index in [1.165, 1.54) is 16.2 Å². The predicted octanol–water partition coefficient (Wildman–Crippen LogP) is 1.09. The molecule has 2 aromatic rings. The van der Waals surface area contributed by atoms with Crippen LogP contribution in [0.3, 0.4) is 0 Å². The van der Waals surface area contributed by atoms with Gasteiger partial charge in [0.2, 0.25) is 5.91 Å². The number of nitrogen functional groups attached to an aromatic ring is 1. The first-order valence-corrected chi connectivity index (χ1v) is 7.02. The van der Waals surface area contributed by atoms with Crippen LogP contribution >= 0.6 is 11.3 Å². The number of carbonyl (C=O) groups is 2. The maximum atomic E-state index is 12.4. The summed E-state index contributed by atoms with van der Waals surface area (Å²) in [6.07, 6.45) is 0. The fourth-order valence-corrected chi connectivity index (χ4v) is 2.61. The number of nitrogens with one attached hydrogen (secondary N) is 1. The molecule has 0 bridgehead atoms. The fourth-order valence-electron chi connectivity index (χ4n) is 1.84. The van der Waals surface area contributed by atoms with Crippen LogP contribution in [-0.4, -0.2) is 41.8 Å². The quantitative estimate of drug-likeness (QED) is 0.883. The van der Waals surface area contributed by atoms with Crippen molar-refractivity contribution in [1.82, 2.24) is 15.2 Å². The Balaban J connectivity index is 2.26. The second-order valence-corrected chi connectivity index (χ2v) is 5.29. The summed E-state index contributed by atoms with van der Waals surface area (Å²) in [5.41, 5.74) is 6.96. The molecule has 6 nitrogen and oxygen atoms in total. The number of fused-ring (bicyclic) bond motifs is 1. The van der Waals surface area contributed by atoms with Gasteiger partial charge < -0.3 is 16.0 Å². The molecule has 0 saturated carbocycles. The van der Waals surface area contributed by atoms with Crippen molar-refractivity contribution in [2.45, 2.75) is 6.92 Å². The summed E-state index contributed by atoms with van der Waals surface area (Å²) in [6.45, 7) is 2.36. The molecule has 1 aromatic carbocycles. The number of anilines is 1. The van der Waals surface area contributed by atoms with Gasteiger partial charge in [-0.05, 0) is 25.1 Å². The number of aromatic nitrogens is 1. The Morgan fingerprint density at radius 2 is 2.20 bits per heavy atom. The topological polar surface area (TPSA) is 88.3 Å². The van der Waals surface area contributed by atoms with E-state index >= 15 is 0 Å². The van der Waals surface area contributed by atoms with Gasteiger partial charge in [-0.15, -0.1) is 0 Å². The van der Waals surface area contributed by atoms with Gasteiger partial charge >= 0.3 is 0 Å². The molecule has 20 heavy (non-hydrogen) atoms. The van der Waals surface area contributed by atoms with Crippen molar-refractivity contribution in [2.75, 3.05) is 25.9 Å². The van der Waals surface area contributed by atoms with Crippen LogP contribution in [0.15, 0.2) is 18.2 Å². The average molecular weight is 292 g/mol. The number of thiazole rings is 1. The van der Waals surface area contributed by atoms with E-state index in [0.29, 0.717) is 17.2 Å². The van der Waals surface area contributed by atoms with Gasteiger partial charge in [0.1, 0.15) is 0 Å². The summed E-state index contributed by atoms with van der Waals surface area (Å²) in [7, 11) is 1.55. The lowest BCUT2D eigenvalue weighted by Crippen LogP contribution is -2.39. The molecule has 2 amide bonds. The lowest BCUT2D eigenvalue weighted by Gasteiger charge is -2.19. The van der Waals surface area contributed by atoms with Gasteiger partial charge in [-0.25, -0.2) is 4.98 Å². The van der Waals surface area contributed by atoms with Crippen LogP contribution in [0.5, 0.6) is 0 Å². The first-order valence-electron chi connectivity index (χ1n) is 6.21. The van der Waals surface area contributed by atoms with Crippen molar-refractivity contribution < 1.29 is 9.59 Å². The molecule has 0 radical (unpaired) electrons. The van der Waals surface area contributed by atoms with Gasteiger partial charge in [0.15, 0.2) is 5.13 Å². The summed E-state index contributed by atoms with van der Waals surface area (Å²) >= 11 is 1.34. The van der Waals surface area contributed by atoms with E-state index in [4.69, 9.17) is 5.73 Å². The van der Waals surface area contributed by atoms with Crippen LogP contribution in [0.25, 0.3) is 10.2 Å². The van der Waals surface area contributed by atoms with Gasteiger partial charge in [-0.3, -0.25) is 9.59 Å². The molecule has 3 N–H and O–H groups in total. The largest absolute Gasteiger partial charge is 0.375 e. The summed E-state index contributed by atoms with van der Waals surface area (Å²) in [4.78, 5) is 29.4. The van der Waals surface area contributed by atoms with Crippen LogP contribution in [0.1, 0.15) is 17.3 Å². The van der Waals surface area contributed by atoms with Gasteiger partial charge in [-0.1, -0.05) is 11.3 Å². The summed E-state index contributed by atoms with van der Waals surface area (Å²) in [6, 6.07) is 5.23. The van der Waals surface area contributed by atoms with Crippen molar-refractivity contribution >= 4 is 38.5 Å². The van der Waals surface area contributed by atoms with E-state index in [0.717, 1.165) is 10.2 Å². The second-order valence-electron chi connectivity index (χ2n) is 4.23. The molecule has 0 spiro atoms. The molecule has 1 heterocycles. The highest BCUT2D eigenvalue weighted by molar-refractivity contribution is 7.22. The van der Waals surface area contributed by atoms with Gasteiger partial charge in [-0.2, -0.15) is 0 Å². The first kappa shape index (κ1) is 14.3. The molecule has 1 aromatic heterocycles. The Hall–Kier alpha value is -2.15. The Labute approximate surface area is 120 Å². The van der Waals surface area contributed by atoms with E-state index in [2.05, 4.69) is 10.3 Å². The summed E-state index contributed by atoms with van der Waals surface area (Å²) < 4.78 is 0.865. The van der Waals surface area contributed by atoms with Crippen molar-refractivity contribution in [3.05, 3.63) is 23.8 Å². The third-order valence-electron chi connectivity index (χ3n) is 2.93. The van der Waals surface area contributed by atoms with Crippen LogP contribution in [0.4, 0.5) is 5.13 Å². The normalized spacial score (nSPS) is 10.5. The van der Waals surface area contributed by atoms with Gasteiger partial charge in [0.25, 0.3) is 5.91 Å². The standard InChI is InChI=1S/C13H16N4O2S/c1-3-17(7-11(18)15-2)12(19)8-4-5-9-10(6-8)20-13(14)16-9/h4-6H,3,7H2,1-2H3,(H2,14,16)(H,15,18). The third kappa shape index (κ3) is 2.88. The second kappa shape index (κ2) is 5.87. The molecule has 0 aliphatic heterocycles. The molecule has 106 valence electrons. The minimum atomic E-state index is -0.191. The zero-order valence-corrected chi connectivity index (χ0v) is 12.2. The molecule has 7 heteroatoms. The highest BCUT2D eigenvalue weighted by Crippen LogP contribution is 2.25. The van der Waals surface area contributed by atoms with E-state index in [1.807, 2.05) is 6.92 Å². The van der Waals surface area contributed by atoms with Crippen LogP contribution in [0, 0.1) is 0 Å². The van der Waals surface area contributed by atoms with Crippen molar-refractivity contribution in [3.8, 4) is 0 Å². The summed E-state index contributed by atoms with van der Waals surface area (Å²) in [5, 5.41) is 2.99. The number of hydrogen-bond donors (Lipinski definition) is 2. The van der Waals surface area contributed by atoms with Crippen LogP contribution in [0.2, 0.25) is 0 Å². The highest BCUT2D eigenvalue weighted by atomic mass is 32.1. The van der Waals surface area contributed by atoms with Crippen LogP contribution < -0.4 is 11.1 Å². The molecular weight excluding hydrogens is 276 g/mol. The van der Waals surface area contributed by atoms with Crippen molar-refractivity contribution in [3.63, 3.8) is 0 Å².